The lowest BCUT2D eigenvalue weighted by atomic mass is 10.3. The molecule has 0 spiro atoms. The first-order valence-electron chi connectivity index (χ1n) is 6.07. The molecule has 0 aliphatic carbocycles. The molecule has 3 N–H and O–H groups in total. The smallest absolute Gasteiger partial charge is 0.262 e. The summed E-state index contributed by atoms with van der Waals surface area (Å²) in [5, 5.41) is 7.33. The zero-order valence-electron chi connectivity index (χ0n) is 11.7. The Bertz CT molecular complexity index is 564. The molecule has 8 heteroatoms. The molecule has 1 aromatic heterocycles. The Morgan fingerprint density at radius 1 is 1.63 bits per heavy atom. The maximum absolute atomic E-state index is 12.3. The third-order valence-electron chi connectivity index (χ3n) is 3.06. The quantitative estimate of drug-likeness (QED) is 0.588. The summed E-state index contributed by atoms with van der Waals surface area (Å²) in [5.74, 6) is 0.458. The summed E-state index contributed by atoms with van der Waals surface area (Å²) < 4.78 is 27.6. The first-order valence-corrected chi connectivity index (χ1v) is 7.51. The molecule has 0 saturated heterocycles. The maximum Gasteiger partial charge on any atom is 0.262 e. The molecule has 108 valence electrons. The number of sulfonamides is 1. The lowest BCUT2D eigenvalue weighted by Gasteiger charge is -2.21. The predicted molar refractivity (Wildman–Crippen MR) is 73.6 cm³/mol. The fourth-order valence-electron chi connectivity index (χ4n) is 1.62. The van der Waals surface area contributed by atoms with Crippen molar-refractivity contribution >= 4 is 15.9 Å². The summed E-state index contributed by atoms with van der Waals surface area (Å²) in [4.78, 5) is 4.09. The number of likely N-dealkylation sites (N-methyl/N-ethyl adjacent to an activating group) is 1. The van der Waals surface area contributed by atoms with Gasteiger partial charge in [-0.05, 0) is 20.3 Å². The number of nitrogens with one attached hydrogen (secondary N) is 1. The van der Waals surface area contributed by atoms with Crippen LogP contribution < -0.4 is 5.73 Å². The van der Waals surface area contributed by atoms with Crippen LogP contribution in [0.2, 0.25) is 0 Å². The van der Waals surface area contributed by atoms with Gasteiger partial charge in [-0.1, -0.05) is 6.92 Å². The van der Waals surface area contributed by atoms with E-state index in [-0.39, 0.29) is 10.9 Å². The Kier molecular flexibility index (Phi) is 4.70. The van der Waals surface area contributed by atoms with E-state index < -0.39 is 16.1 Å². The average Bonchev–Trinajstić information content (AvgIpc) is 2.70. The number of amidine groups is 1. The Labute approximate surface area is 114 Å². The third-order valence-corrected chi connectivity index (χ3v) is 4.86. The second-order valence-corrected chi connectivity index (χ2v) is 6.42. The van der Waals surface area contributed by atoms with Gasteiger partial charge in [0.15, 0.2) is 5.03 Å². The van der Waals surface area contributed by atoms with Crippen molar-refractivity contribution in [1.82, 2.24) is 13.9 Å². The Balaban J connectivity index is 3.13. The summed E-state index contributed by atoms with van der Waals surface area (Å²) >= 11 is 0. The van der Waals surface area contributed by atoms with Gasteiger partial charge >= 0.3 is 0 Å². The standard InChI is InChI=1S/C11H21N5O2S/c1-5-6-16-7-10(14-9(16)3)19(17,18)15(4)8(2)11(12)13/h7-8H,5-6H2,1-4H3,(H3,12,13). The van der Waals surface area contributed by atoms with Crippen molar-refractivity contribution in [2.24, 2.45) is 5.73 Å². The van der Waals surface area contributed by atoms with Gasteiger partial charge in [0.1, 0.15) is 11.7 Å². The van der Waals surface area contributed by atoms with Gasteiger partial charge in [0.25, 0.3) is 10.0 Å². The topological polar surface area (TPSA) is 105 Å². The highest BCUT2D eigenvalue weighted by atomic mass is 32.2. The number of nitrogens with two attached hydrogens (primary N) is 1. The minimum atomic E-state index is -3.72. The summed E-state index contributed by atoms with van der Waals surface area (Å²) in [6.45, 7) is 6.07. The highest BCUT2D eigenvalue weighted by Gasteiger charge is 2.29. The van der Waals surface area contributed by atoms with Gasteiger partial charge < -0.3 is 10.3 Å². The van der Waals surface area contributed by atoms with Crippen molar-refractivity contribution in [3.8, 4) is 0 Å². The van der Waals surface area contributed by atoms with Crippen LogP contribution in [0.5, 0.6) is 0 Å². The van der Waals surface area contributed by atoms with Crippen molar-refractivity contribution in [3.05, 3.63) is 12.0 Å². The molecule has 0 radical (unpaired) electrons. The van der Waals surface area contributed by atoms with Crippen molar-refractivity contribution in [2.75, 3.05) is 7.05 Å². The fraction of sp³-hybridized carbons (Fsp3) is 0.636. The Morgan fingerprint density at radius 3 is 2.68 bits per heavy atom. The third kappa shape index (κ3) is 3.13. The first kappa shape index (κ1) is 15.6. The Morgan fingerprint density at radius 2 is 2.21 bits per heavy atom. The number of nitrogens with zero attached hydrogens (tertiary/aromatic N) is 3. The van der Waals surface area contributed by atoms with E-state index in [1.165, 1.54) is 13.2 Å². The van der Waals surface area contributed by atoms with Crippen LogP contribution in [0.15, 0.2) is 11.2 Å². The van der Waals surface area contributed by atoms with Crippen LogP contribution in [0, 0.1) is 12.3 Å². The van der Waals surface area contributed by atoms with E-state index in [9.17, 15) is 8.42 Å². The molecule has 0 amide bonds. The van der Waals surface area contributed by atoms with E-state index in [2.05, 4.69) is 4.98 Å². The first-order chi connectivity index (χ1) is 8.71. The van der Waals surface area contributed by atoms with Gasteiger partial charge in [0.2, 0.25) is 0 Å². The zero-order chi connectivity index (χ0) is 14.8. The van der Waals surface area contributed by atoms with Crippen LogP contribution in [0.25, 0.3) is 0 Å². The number of hydrogen-bond donors (Lipinski definition) is 2. The summed E-state index contributed by atoms with van der Waals surface area (Å²) in [5.41, 5.74) is 5.35. The van der Waals surface area contributed by atoms with Crippen molar-refractivity contribution in [2.45, 2.75) is 44.8 Å². The molecule has 0 aliphatic rings. The SMILES string of the molecule is CCCn1cc(S(=O)(=O)N(C)C(C)C(=N)N)nc1C. The second kappa shape index (κ2) is 5.70. The number of aryl methyl sites for hydroxylation is 2. The molecule has 1 unspecified atom stereocenters. The molecule has 0 aliphatic heterocycles. The largest absolute Gasteiger partial charge is 0.386 e. The lowest BCUT2D eigenvalue weighted by Crippen LogP contribution is -2.43. The molecule has 0 bridgehead atoms. The molecule has 19 heavy (non-hydrogen) atoms. The lowest BCUT2D eigenvalue weighted by molar-refractivity contribution is 0.446. The van der Waals surface area contributed by atoms with Crippen molar-refractivity contribution < 1.29 is 8.42 Å². The second-order valence-electron chi connectivity index (χ2n) is 4.47. The van der Waals surface area contributed by atoms with Gasteiger partial charge in [-0.25, -0.2) is 13.4 Å². The van der Waals surface area contributed by atoms with E-state index in [0.717, 1.165) is 17.3 Å². The van der Waals surface area contributed by atoms with Gasteiger partial charge in [0.05, 0.1) is 6.04 Å². The highest BCUT2D eigenvalue weighted by molar-refractivity contribution is 7.89. The van der Waals surface area contributed by atoms with E-state index in [1.54, 1.807) is 18.4 Å². The number of hydrogen-bond acceptors (Lipinski definition) is 4. The van der Waals surface area contributed by atoms with Gasteiger partial charge in [-0.15, -0.1) is 0 Å². The van der Waals surface area contributed by atoms with E-state index in [0.29, 0.717) is 5.82 Å². The molecule has 1 heterocycles. The van der Waals surface area contributed by atoms with Crippen LogP contribution in [-0.4, -0.2) is 41.2 Å². The number of rotatable bonds is 6. The van der Waals surface area contributed by atoms with Crippen LogP contribution in [-0.2, 0) is 16.6 Å². The monoisotopic (exact) mass is 287 g/mol. The zero-order valence-corrected chi connectivity index (χ0v) is 12.5. The van der Waals surface area contributed by atoms with Crippen LogP contribution in [0.1, 0.15) is 26.1 Å². The molecule has 0 fully saturated rings. The van der Waals surface area contributed by atoms with Crippen molar-refractivity contribution in [3.63, 3.8) is 0 Å². The maximum atomic E-state index is 12.3. The number of aromatic nitrogens is 2. The Hall–Kier alpha value is -1.41. The normalized spacial score (nSPS) is 13.7. The highest BCUT2D eigenvalue weighted by Crippen LogP contribution is 2.16. The minimum absolute atomic E-state index is 0.00551. The van der Waals surface area contributed by atoms with E-state index in [4.69, 9.17) is 11.1 Å². The average molecular weight is 287 g/mol. The molecule has 1 atom stereocenters. The van der Waals surface area contributed by atoms with Crippen molar-refractivity contribution in [1.29, 1.82) is 5.41 Å². The molecular weight excluding hydrogens is 266 g/mol. The van der Waals surface area contributed by atoms with Crippen LogP contribution in [0.4, 0.5) is 0 Å². The van der Waals surface area contributed by atoms with E-state index in [1.807, 2.05) is 6.92 Å². The predicted octanol–water partition coefficient (Wildman–Crippen LogP) is 0.546. The fourth-order valence-corrected chi connectivity index (χ4v) is 2.96. The minimum Gasteiger partial charge on any atom is -0.386 e. The molecule has 7 nitrogen and oxygen atoms in total. The van der Waals surface area contributed by atoms with Crippen LogP contribution >= 0.6 is 0 Å². The molecule has 1 rings (SSSR count). The number of imidazole rings is 1. The van der Waals surface area contributed by atoms with Gasteiger partial charge in [-0.2, -0.15) is 4.31 Å². The summed E-state index contributed by atoms with van der Waals surface area (Å²) in [7, 11) is -2.32. The summed E-state index contributed by atoms with van der Waals surface area (Å²) in [6.07, 6.45) is 2.42. The van der Waals surface area contributed by atoms with Gasteiger partial charge in [0, 0.05) is 19.8 Å². The summed E-state index contributed by atoms with van der Waals surface area (Å²) in [6, 6.07) is -0.693. The molecule has 0 aromatic carbocycles. The van der Waals surface area contributed by atoms with E-state index >= 15 is 0 Å². The molecular formula is C11H21N5O2S. The molecule has 1 aromatic rings. The molecule has 0 saturated carbocycles. The van der Waals surface area contributed by atoms with Crippen LogP contribution in [0.3, 0.4) is 0 Å². The van der Waals surface area contributed by atoms with Gasteiger partial charge in [-0.3, -0.25) is 5.41 Å².